The predicted octanol–water partition coefficient (Wildman–Crippen LogP) is 4.22. The number of nitrogens with zero attached hydrogens (tertiary/aromatic N) is 3. The van der Waals surface area contributed by atoms with Crippen molar-refractivity contribution >= 4 is 50.2 Å². The first-order valence-electron chi connectivity index (χ1n) is 10.3. The van der Waals surface area contributed by atoms with E-state index in [0.29, 0.717) is 49.1 Å². The van der Waals surface area contributed by atoms with E-state index in [-0.39, 0.29) is 23.0 Å². The minimum absolute atomic E-state index is 0.153. The van der Waals surface area contributed by atoms with Crippen molar-refractivity contribution in [2.45, 2.75) is 37.7 Å². The standard InChI is InChI=1S/C23H22N4O4S2/c1-5-11-27-21(29)14-9-7-8-10-15(14)24-23(27)32-13(4)18-25-19(28)16-12(3)17(22(30)31-6-2)33-20(16)26-18/h5,7-10,13H,1,6,11H2,2-4H3,(H,25,26,28). The van der Waals surface area contributed by atoms with Crippen LogP contribution in [-0.4, -0.2) is 32.1 Å². The highest BCUT2D eigenvalue weighted by Gasteiger charge is 2.22. The van der Waals surface area contributed by atoms with Gasteiger partial charge in [0.1, 0.15) is 15.5 Å². The second kappa shape index (κ2) is 9.32. The molecule has 10 heteroatoms. The Morgan fingerprint density at radius 1 is 1.33 bits per heavy atom. The van der Waals surface area contributed by atoms with Gasteiger partial charge in [0.05, 0.1) is 28.1 Å². The van der Waals surface area contributed by atoms with Crippen LogP contribution in [0.5, 0.6) is 0 Å². The van der Waals surface area contributed by atoms with Crippen LogP contribution in [0.1, 0.15) is 40.2 Å². The van der Waals surface area contributed by atoms with Crippen LogP contribution in [0.25, 0.3) is 21.1 Å². The fraction of sp³-hybridized carbons (Fsp3) is 0.261. The number of thioether (sulfide) groups is 1. The van der Waals surface area contributed by atoms with E-state index in [1.807, 2.05) is 13.0 Å². The summed E-state index contributed by atoms with van der Waals surface area (Å²) >= 11 is 2.46. The molecule has 3 aromatic heterocycles. The number of aromatic amines is 1. The Bertz CT molecular complexity index is 1500. The molecule has 0 aliphatic carbocycles. The van der Waals surface area contributed by atoms with Gasteiger partial charge in [-0.1, -0.05) is 30.0 Å². The fourth-order valence-electron chi connectivity index (χ4n) is 3.49. The van der Waals surface area contributed by atoms with Crippen LogP contribution in [0.2, 0.25) is 0 Å². The summed E-state index contributed by atoms with van der Waals surface area (Å²) in [6.07, 6.45) is 1.64. The number of esters is 1. The number of nitrogens with one attached hydrogen (secondary N) is 1. The van der Waals surface area contributed by atoms with Crippen LogP contribution < -0.4 is 11.1 Å². The number of benzene rings is 1. The molecular weight excluding hydrogens is 460 g/mol. The monoisotopic (exact) mass is 482 g/mol. The fourth-order valence-corrected chi connectivity index (χ4v) is 5.54. The maximum atomic E-state index is 13.0. The lowest BCUT2D eigenvalue weighted by molar-refractivity contribution is 0.0531. The van der Waals surface area contributed by atoms with E-state index in [0.717, 1.165) is 11.3 Å². The summed E-state index contributed by atoms with van der Waals surface area (Å²) in [5.74, 6) is -0.0306. The Morgan fingerprint density at radius 3 is 2.82 bits per heavy atom. The van der Waals surface area contributed by atoms with Gasteiger partial charge >= 0.3 is 5.97 Å². The number of carbonyl (C=O) groups excluding carboxylic acids is 1. The molecule has 0 aliphatic rings. The molecule has 170 valence electrons. The Hall–Kier alpha value is -3.24. The molecule has 0 saturated carbocycles. The molecule has 8 nitrogen and oxygen atoms in total. The van der Waals surface area contributed by atoms with Gasteiger partial charge in [-0.25, -0.2) is 14.8 Å². The Labute approximate surface area is 197 Å². The molecule has 0 fully saturated rings. The Kier molecular flexibility index (Phi) is 6.48. The molecular formula is C23H22N4O4S2. The third-order valence-corrected chi connectivity index (χ3v) is 7.35. The van der Waals surface area contributed by atoms with Crippen molar-refractivity contribution in [3.8, 4) is 0 Å². The summed E-state index contributed by atoms with van der Waals surface area (Å²) in [7, 11) is 0. The Balaban J connectivity index is 1.76. The third-order valence-electron chi connectivity index (χ3n) is 5.09. The molecule has 4 aromatic rings. The molecule has 0 radical (unpaired) electrons. The van der Waals surface area contributed by atoms with E-state index < -0.39 is 5.97 Å². The number of hydrogen-bond donors (Lipinski definition) is 1. The molecule has 0 bridgehead atoms. The minimum Gasteiger partial charge on any atom is -0.462 e. The van der Waals surface area contributed by atoms with Crippen LogP contribution in [0.3, 0.4) is 0 Å². The molecule has 0 saturated heterocycles. The number of aromatic nitrogens is 4. The van der Waals surface area contributed by atoms with E-state index in [2.05, 4.69) is 21.5 Å². The zero-order valence-electron chi connectivity index (χ0n) is 18.4. The van der Waals surface area contributed by atoms with Crippen LogP contribution in [0.15, 0.2) is 51.7 Å². The SMILES string of the molecule is C=CCn1c(SC(C)c2nc3sc(C(=O)OCC)c(C)c3c(=O)[nH]2)nc2ccccc2c1=O. The van der Waals surface area contributed by atoms with Crippen molar-refractivity contribution in [3.05, 3.63) is 73.9 Å². The van der Waals surface area contributed by atoms with Crippen molar-refractivity contribution in [2.24, 2.45) is 0 Å². The van der Waals surface area contributed by atoms with Gasteiger partial charge in [0.2, 0.25) is 0 Å². The van der Waals surface area contributed by atoms with E-state index in [1.165, 1.54) is 11.8 Å². The van der Waals surface area contributed by atoms with Crippen LogP contribution in [-0.2, 0) is 11.3 Å². The highest BCUT2D eigenvalue weighted by atomic mass is 32.2. The topological polar surface area (TPSA) is 107 Å². The minimum atomic E-state index is -0.463. The van der Waals surface area contributed by atoms with Crippen molar-refractivity contribution in [3.63, 3.8) is 0 Å². The lowest BCUT2D eigenvalue weighted by atomic mass is 10.2. The lowest BCUT2D eigenvalue weighted by Gasteiger charge is -2.15. The second-order valence-corrected chi connectivity index (χ2v) is 9.59. The van der Waals surface area contributed by atoms with E-state index in [1.54, 1.807) is 42.7 Å². The van der Waals surface area contributed by atoms with Gasteiger partial charge in [-0.2, -0.15) is 0 Å². The number of ether oxygens (including phenoxy) is 1. The average Bonchev–Trinajstić information content (AvgIpc) is 3.13. The summed E-state index contributed by atoms with van der Waals surface area (Å²) in [5.41, 5.74) is 0.689. The van der Waals surface area contributed by atoms with Gasteiger partial charge in [-0.15, -0.1) is 17.9 Å². The number of thiophene rings is 1. The van der Waals surface area contributed by atoms with Crippen molar-refractivity contribution < 1.29 is 9.53 Å². The summed E-state index contributed by atoms with van der Waals surface area (Å²) in [6.45, 7) is 9.63. The van der Waals surface area contributed by atoms with E-state index >= 15 is 0 Å². The molecule has 3 heterocycles. The highest BCUT2D eigenvalue weighted by Crippen LogP contribution is 2.34. The predicted molar refractivity (Wildman–Crippen MR) is 131 cm³/mol. The maximum Gasteiger partial charge on any atom is 0.348 e. The number of allylic oxidation sites excluding steroid dienone is 1. The first kappa shape index (κ1) is 22.9. The third kappa shape index (κ3) is 4.23. The molecule has 1 unspecified atom stereocenters. The van der Waals surface area contributed by atoms with E-state index in [4.69, 9.17) is 4.74 Å². The van der Waals surface area contributed by atoms with Gasteiger partial charge in [-0.05, 0) is 38.5 Å². The van der Waals surface area contributed by atoms with Gasteiger partial charge in [0, 0.05) is 6.54 Å². The number of aryl methyl sites for hydroxylation is 1. The summed E-state index contributed by atoms with van der Waals surface area (Å²) in [4.78, 5) is 51.0. The molecule has 1 N–H and O–H groups in total. The maximum absolute atomic E-state index is 13.0. The first-order chi connectivity index (χ1) is 15.8. The average molecular weight is 483 g/mol. The van der Waals surface area contributed by atoms with Crippen molar-refractivity contribution in [1.29, 1.82) is 0 Å². The van der Waals surface area contributed by atoms with Gasteiger partial charge in [0.25, 0.3) is 11.1 Å². The molecule has 1 atom stereocenters. The molecule has 0 spiro atoms. The molecule has 4 rings (SSSR count). The van der Waals surface area contributed by atoms with Crippen LogP contribution in [0, 0.1) is 6.92 Å². The number of hydrogen-bond acceptors (Lipinski definition) is 8. The first-order valence-corrected chi connectivity index (χ1v) is 12.0. The molecule has 33 heavy (non-hydrogen) atoms. The van der Waals surface area contributed by atoms with Gasteiger partial charge < -0.3 is 9.72 Å². The normalized spacial score (nSPS) is 12.2. The van der Waals surface area contributed by atoms with E-state index in [9.17, 15) is 14.4 Å². The summed E-state index contributed by atoms with van der Waals surface area (Å²) < 4.78 is 6.65. The Morgan fingerprint density at radius 2 is 2.09 bits per heavy atom. The molecule has 1 aromatic carbocycles. The number of H-pyrrole nitrogens is 1. The highest BCUT2D eigenvalue weighted by molar-refractivity contribution is 7.99. The summed E-state index contributed by atoms with van der Waals surface area (Å²) in [6, 6.07) is 7.17. The van der Waals surface area contributed by atoms with Crippen LogP contribution in [0.4, 0.5) is 0 Å². The zero-order valence-corrected chi connectivity index (χ0v) is 20.0. The summed E-state index contributed by atoms with van der Waals surface area (Å²) in [5, 5.41) is 1.10. The number of rotatable bonds is 7. The van der Waals surface area contributed by atoms with Gasteiger partial charge in [0.15, 0.2) is 5.16 Å². The lowest BCUT2D eigenvalue weighted by Crippen LogP contribution is -2.23. The second-order valence-electron chi connectivity index (χ2n) is 7.28. The van der Waals surface area contributed by atoms with Gasteiger partial charge in [-0.3, -0.25) is 14.2 Å². The zero-order chi connectivity index (χ0) is 23.7. The van der Waals surface area contributed by atoms with Crippen LogP contribution >= 0.6 is 23.1 Å². The number of para-hydroxylation sites is 1. The molecule has 0 amide bonds. The largest absolute Gasteiger partial charge is 0.462 e. The van der Waals surface area contributed by atoms with Crippen molar-refractivity contribution in [1.82, 2.24) is 19.5 Å². The smallest absolute Gasteiger partial charge is 0.348 e. The molecule has 0 aliphatic heterocycles. The van der Waals surface area contributed by atoms with Crippen molar-refractivity contribution in [2.75, 3.05) is 6.61 Å². The number of fused-ring (bicyclic) bond motifs is 2. The number of carbonyl (C=O) groups is 1. The quantitative estimate of drug-likeness (QED) is 0.182.